The average Bonchev–Trinajstić information content (AvgIpc) is 2.56. The summed E-state index contributed by atoms with van der Waals surface area (Å²) in [7, 11) is 3.35. The third kappa shape index (κ3) is 5.39. The third-order valence-electron chi connectivity index (χ3n) is 3.25. The lowest BCUT2D eigenvalue weighted by molar-refractivity contribution is 0.146. The molecule has 0 unspecified atom stereocenters. The first kappa shape index (κ1) is 16.3. The normalized spacial score (nSPS) is 10.5. The van der Waals surface area contributed by atoms with Crippen LogP contribution in [0.25, 0.3) is 0 Å². The second kappa shape index (κ2) is 9.07. The highest BCUT2D eigenvalue weighted by molar-refractivity contribution is 5.30. The van der Waals surface area contributed by atoms with Crippen LogP contribution in [-0.2, 0) is 17.8 Å². The van der Waals surface area contributed by atoms with Gasteiger partial charge in [0.05, 0.1) is 13.7 Å². The molecule has 0 amide bonds. The van der Waals surface area contributed by atoms with Crippen molar-refractivity contribution in [2.45, 2.75) is 13.1 Å². The molecule has 0 heterocycles. The molecule has 0 fully saturated rings. The lowest BCUT2D eigenvalue weighted by Crippen LogP contribution is -2.13. The predicted molar refractivity (Wildman–Crippen MR) is 87.4 cm³/mol. The van der Waals surface area contributed by atoms with E-state index in [-0.39, 0.29) is 0 Å². The highest BCUT2D eigenvalue weighted by Gasteiger charge is 1.99. The van der Waals surface area contributed by atoms with Crippen molar-refractivity contribution < 1.29 is 14.2 Å². The van der Waals surface area contributed by atoms with E-state index in [4.69, 9.17) is 14.2 Å². The summed E-state index contributed by atoms with van der Waals surface area (Å²) < 4.78 is 15.8. The first-order valence-electron chi connectivity index (χ1n) is 7.36. The summed E-state index contributed by atoms with van der Waals surface area (Å²) in [5.74, 6) is 1.76. The lowest BCUT2D eigenvalue weighted by atomic mass is 10.2. The zero-order valence-electron chi connectivity index (χ0n) is 13.2. The second-order valence-electron chi connectivity index (χ2n) is 4.94. The Kier molecular flexibility index (Phi) is 6.74. The lowest BCUT2D eigenvalue weighted by Gasteiger charge is -2.09. The van der Waals surface area contributed by atoms with Crippen molar-refractivity contribution in [3.05, 3.63) is 59.7 Å². The van der Waals surface area contributed by atoms with Crippen LogP contribution in [0.15, 0.2) is 48.5 Å². The molecule has 0 atom stereocenters. The maximum atomic E-state index is 5.61. The molecule has 2 rings (SSSR count). The van der Waals surface area contributed by atoms with E-state index in [1.165, 1.54) is 11.1 Å². The second-order valence-corrected chi connectivity index (χ2v) is 4.94. The van der Waals surface area contributed by atoms with Crippen molar-refractivity contribution in [3.63, 3.8) is 0 Å². The smallest absolute Gasteiger partial charge is 0.119 e. The number of ether oxygens (including phenoxy) is 3. The average molecular weight is 301 g/mol. The van der Waals surface area contributed by atoms with Crippen molar-refractivity contribution in [3.8, 4) is 11.5 Å². The highest BCUT2D eigenvalue weighted by Crippen LogP contribution is 2.14. The fraction of sp³-hybridized carbons (Fsp3) is 0.333. The van der Waals surface area contributed by atoms with Gasteiger partial charge in [0.1, 0.15) is 18.1 Å². The van der Waals surface area contributed by atoms with Gasteiger partial charge in [-0.3, -0.25) is 0 Å². The van der Waals surface area contributed by atoms with E-state index in [1.54, 1.807) is 14.2 Å². The maximum Gasteiger partial charge on any atom is 0.119 e. The Bertz CT molecular complexity index is 572. The van der Waals surface area contributed by atoms with Crippen molar-refractivity contribution in [2.24, 2.45) is 0 Å². The number of hydrogen-bond acceptors (Lipinski definition) is 4. The van der Waals surface area contributed by atoms with Crippen LogP contribution < -0.4 is 14.8 Å². The summed E-state index contributed by atoms with van der Waals surface area (Å²) in [5.41, 5.74) is 2.39. The van der Waals surface area contributed by atoms with Crippen LogP contribution in [-0.4, -0.2) is 27.4 Å². The maximum absolute atomic E-state index is 5.61. The van der Waals surface area contributed by atoms with E-state index < -0.39 is 0 Å². The van der Waals surface area contributed by atoms with E-state index in [2.05, 4.69) is 17.4 Å². The summed E-state index contributed by atoms with van der Waals surface area (Å²) in [4.78, 5) is 0. The van der Waals surface area contributed by atoms with Crippen LogP contribution in [0.5, 0.6) is 11.5 Å². The molecule has 0 spiro atoms. The van der Waals surface area contributed by atoms with Gasteiger partial charge < -0.3 is 19.5 Å². The molecule has 4 heteroatoms. The van der Waals surface area contributed by atoms with Crippen LogP contribution in [0.4, 0.5) is 0 Å². The van der Waals surface area contributed by atoms with Gasteiger partial charge in [0.2, 0.25) is 0 Å². The molecule has 0 radical (unpaired) electrons. The van der Waals surface area contributed by atoms with Gasteiger partial charge in [-0.15, -0.1) is 0 Å². The molecule has 0 bridgehead atoms. The monoisotopic (exact) mass is 301 g/mol. The summed E-state index contributed by atoms with van der Waals surface area (Å²) in [6, 6.07) is 16.2. The Hall–Kier alpha value is -2.04. The van der Waals surface area contributed by atoms with E-state index in [0.29, 0.717) is 13.2 Å². The Balaban J connectivity index is 1.82. The number of benzene rings is 2. The zero-order chi connectivity index (χ0) is 15.6. The molecule has 1 N–H and O–H groups in total. The molecule has 2 aromatic carbocycles. The fourth-order valence-corrected chi connectivity index (χ4v) is 2.12. The molecule has 0 saturated carbocycles. The molecule has 118 valence electrons. The molecule has 0 saturated heterocycles. The van der Waals surface area contributed by atoms with E-state index in [9.17, 15) is 0 Å². The van der Waals surface area contributed by atoms with Crippen molar-refractivity contribution in [1.82, 2.24) is 5.32 Å². The largest absolute Gasteiger partial charge is 0.497 e. The molecule has 0 aliphatic carbocycles. The Labute approximate surface area is 132 Å². The Morgan fingerprint density at radius 1 is 0.818 bits per heavy atom. The summed E-state index contributed by atoms with van der Waals surface area (Å²) in [6.07, 6.45) is 0. The summed E-state index contributed by atoms with van der Waals surface area (Å²) in [6.45, 7) is 2.75. The summed E-state index contributed by atoms with van der Waals surface area (Å²) >= 11 is 0. The predicted octanol–water partition coefficient (Wildman–Crippen LogP) is 3.01. The molecule has 0 aliphatic heterocycles. The molecule has 0 aliphatic rings. The minimum Gasteiger partial charge on any atom is -0.497 e. The van der Waals surface area contributed by atoms with Gasteiger partial charge in [0.15, 0.2) is 0 Å². The molecular weight excluding hydrogens is 278 g/mol. The highest BCUT2D eigenvalue weighted by atomic mass is 16.5. The van der Waals surface area contributed by atoms with E-state index in [0.717, 1.165) is 24.6 Å². The summed E-state index contributed by atoms with van der Waals surface area (Å²) in [5, 5.41) is 3.43. The van der Waals surface area contributed by atoms with Gasteiger partial charge in [-0.05, 0) is 35.4 Å². The Morgan fingerprint density at radius 2 is 1.45 bits per heavy atom. The van der Waals surface area contributed by atoms with Gasteiger partial charge in [-0.1, -0.05) is 24.3 Å². The first-order chi connectivity index (χ1) is 10.8. The minimum atomic E-state index is 0.567. The topological polar surface area (TPSA) is 39.7 Å². The van der Waals surface area contributed by atoms with Crippen LogP contribution in [0.3, 0.4) is 0 Å². The number of rotatable bonds is 9. The van der Waals surface area contributed by atoms with E-state index >= 15 is 0 Å². The SMILES string of the molecule is COCCOc1cccc(CNCc2cccc(OC)c2)c1. The molecule has 0 aromatic heterocycles. The van der Waals surface area contributed by atoms with Gasteiger partial charge in [-0.25, -0.2) is 0 Å². The van der Waals surface area contributed by atoms with Crippen LogP contribution in [0, 0.1) is 0 Å². The fourth-order valence-electron chi connectivity index (χ4n) is 2.12. The minimum absolute atomic E-state index is 0.567. The quantitative estimate of drug-likeness (QED) is 0.723. The molecule has 22 heavy (non-hydrogen) atoms. The third-order valence-corrected chi connectivity index (χ3v) is 3.25. The number of hydrogen-bond donors (Lipinski definition) is 1. The van der Waals surface area contributed by atoms with Crippen LogP contribution >= 0.6 is 0 Å². The van der Waals surface area contributed by atoms with Gasteiger partial charge in [0, 0.05) is 20.2 Å². The van der Waals surface area contributed by atoms with Crippen molar-refractivity contribution in [2.75, 3.05) is 27.4 Å². The first-order valence-corrected chi connectivity index (χ1v) is 7.36. The van der Waals surface area contributed by atoms with Crippen molar-refractivity contribution >= 4 is 0 Å². The van der Waals surface area contributed by atoms with Gasteiger partial charge >= 0.3 is 0 Å². The number of methoxy groups -OCH3 is 2. The zero-order valence-corrected chi connectivity index (χ0v) is 13.2. The standard InChI is InChI=1S/C18H23NO3/c1-20-9-10-22-18-8-4-6-16(12-18)14-19-13-15-5-3-7-17(11-15)21-2/h3-8,11-12,19H,9-10,13-14H2,1-2H3. The number of nitrogens with one attached hydrogen (secondary N) is 1. The Morgan fingerprint density at radius 3 is 2.09 bits per heavy atom. The molecule has 2 aromatic rings. The van der Waals surface area contributed by atoms with Crippen LogP contribution in [0.2, 0.25) is 0 Å². The molecule has 4 nitrogen and oxygen atoms in total. The van der Waals surface area contributed by atoms with Crippen LogP contribution in [0.1, 0.15) is 11.1 Å². The van der Waals surface area contributed by atoms with E-state index in [1.807, 2.05) is 36.4 Å². The van der Waals surface area contributed by atoms with Gasteiger partial charge in [0.25, 0.3) is 0 Å². The van der Waals surface area contributed by atoms with Gasteiger partial charge in [-0.2, -0.15) is 0 Å². The molecular formula is C18H23NO3. The van der Waals surface area contributed by atoms with Crippen molar-refractivity contribution in [1.29, 1.82) is 0 Å².